The Balaban J connectivity index is 1.75. The van der Waals surface area contributed by atoms with E-state index in [1.807, 2.05) is 0 Å². The lowest BCUT2D eigenvalue weighted by Crippen LogP contribution is -2.49. The molecule has 20 heavy (non-hydrogen) atoms. The first-order valence-corrected chi connectivity index (χ1v) is 6.94. The molecule has 0 aliphatic heterocycles. The van der Waals surface area contributed by atoms with E-state index in [0.717, 1.165) is 25.7 Å². The van der Waals surface area contributed by atoms with Crippen LogP contribution in [-0.4, -0.2) is 29.8 Å². The molecule has 110 valence electrons. The van der Waals surface area contributed by atoms with Crippen LogP contribution >= 0.6 is 0 Å². The molecule has 4 nitrogen and oxygen atoms in total. The number of benzene rings is 1. The fourth-order valence-electron chi connectivity index (χ4n) is 2.55. The SMILES string of the molecule is O=C(CCOc1cccc(F)c1)NC1(CO)CCCC1. The molecule has 0 saturated heterocycles. The van der Waals surface area contributed by atoms with Crippen molar-refractivity contribution in [3.63, 3.8) is 0 Å². The van der Waals surface area contributed by atoms with Gasteiger partial charge in [-0.25, -0.2) is 4.39 Å². The quantitative estimate of drug-likeness (QED) is 0.838. The lowest BCUT2D eigenvalue weighted by atomic mass is 9.99. The highest BCUT2D eigenvalue weighted by Gasteiger charge is 2.34. The maximum Gasteiger partial charge on any atom is 0.223 e. The van der Waals surface area contributed by atoms with E-state index < -0.39 is 5.54 Å². The highest BCUT2D eigenvalue weighted by atomic mass is 19.1. The molecule has 1 fully saturated rings. The third kappa shape index (κ3) is 3.93. The van der Waals surface area contributed by atoms with E-state index in [-0.39, 0.29) is 31.4 Å². The summed E-state index contributed by atoms with van der Waals surface area (Å²) in [6.45, 7) is 0.167. The minimum atomic E-state index is -0.448. The fourth-order valence-corrected chi connectivity index (χ4v) is 2.55. The van der Waals surface area contributed by atoms with Crippen LogP contribution in [0.5, 0.6) is 5.75 Å². The van der Waals surface area contributed by atoms with Crippen molar-refractivity contribution >= 4 is 5.91 Å². The van der Waals surface area contributed by atoms with Crippen LogP contribution in [0.15, 0.2) is 24.3 Å². The number of hydrogen-bond donors (Lipinski definition) is 2. The predicted octanol–water partition coefficient (Wildman–Crippen LogP) is 2.02. The van der Waals surface area contributed by atoms with Crippen LogP contribution < -0.4 is 10.1 Å². The van der Waals surface area contributed by atoms with E-state index in [1.54, 1.807) is 12.1 Å². The molecular weight excluding hydrogens is 261 g/mol. The highest BCUT2D eigenvalue weighted by molar-refractivity contribution is 5.77. The maximum atomic E-state index is 12.9. The Morgan fingerprint density at radius 2 is 2.15 bits per heavy atom. The molecule has 1 aromatic carbocycles. The molecule has 0 bridgehead atoms. The molecule has 1 aromatic rings. The standard InChI is InChI=1S/C15H20FNO3/c16-12-4-3-5-13(10-12)20-9-6-14(19)17-15(11-18)7-1-2-8-15/h3-5,10,18H,1-2,6-9,11H2,(H,17,19). The topological polar surface area (TPSA) is 58.6 Å². The van der Waals surface area contributed by atoms with Crippen molar-refractivity contribution in [3.05, 3.63) is 30.1 Å². The van der Waals surface area contributed by atoms with Gasteiger partial charge in [0.2, 0.25) is 5.91 Å². The molecule has 0 atom stereocenters. The fraction of sp³-hybridized carbons (Fsp3) is 0.533. The number of amides is 1. The van der Waals surface area contributed by atoms with Crippen molar-refractivity contribution in [2.45, 2.75) is 37.6 Å². The van der Waals surface area contributed by atoms with Crippen LogP contribution in [0, 0.1) is 5.82 Å². The average Bonchev–Trinajstić information content (AvgIpc) is 2.88. The van der Waals surface area contributed by atoms with Crippen molar-refractivity contribution < 1.29 is 19.0 Å². The first-order chi connectivity index (χ1) is 9.63. The van der Waals surface area contributed by atoms with Crippen LogP contribution in [0.4, 0.5) is 4.39 Å². The number of nitrogens with one attached hydrogen (secondary N) is 1. The van der Waals surface area contributed by atoms with Gasteiger partial charge in [0.15, 0.2) is 0 Å². The number of ether oxygens (including phenoxy) is 1. The molecule has 2 N–H and O–H groups in total. The maximum absolute atomic E-state index is 12.9. The second-order valence-electron chi connectivity index (χ2n) is 5.25. The van der Waals surface area contributed by atoms with Gasteiger partial charge in [0.1, 0.15) is 11.6 Å². The van der Waals surface area contributed by atoms with Gasteiger partial charge in [-0.3, -0.25) is 4.79 Å². The van der Waals surface area contributed by atoms with Crippen molar-refractivity contribution in [2.24, 2.45) is 0 Å². The van der Waals surface area contributed by atoms with E-state index in [2.05, 4.69) is 5.32 Å². The van der Waals surface area contributed by atoms with Gasteiger partial charge in [-0.2, -0.15) is 0 Å². The predicted molar refractivity (Wildman–Crippen MR) is 72.9 cm³/mol. The first-order valence-electron chi connectivity index (χ1n) is 6.94. The van der Waals surface area contributed by atoms with Crippen LogP contribution in [0.3, 0.4) is 0 Å². The van der Waals surface area contributed by atoms with E-state index in [4.69, 9.17) is 4.74 Å². The molecular formula is C15H20FNO3. The van der Waals surface area contributed by atoms with Gasteiger partial charge < -0.3 is 15.2 Å². The summed E-state index contributed by atoms with van der Waals surface area (Å²) in [6.07, 6.45) is 3.89. The lowest BCUT2D eigenvalue weighted by Gasteiger charge is -2.27. The smallest absolute Gasteiger partial charge is 0.223 e. The zero-order valence-electron chi connectivity index (χ0n) is 11.4. The third-order valence-electron chi connectivity index (χ3n) is 3.66. The Morgan fingerprint density at radius 1 is 1.40 bits per heavy atom. The Morgan fingerprint density at radius 3 is 2.80 bits per heavy atom. The molecule has 0 spiro atoms. The molecule has 0 unspecified atom stereocenters. The number of aliphatic hydroxyl groups excluding tert-OH is 1. The Kier molecular flexibility index (Phi) is 4.95. The molecule has 2 rings (SSSR count). The Labute approximate surface area is 117 Å². The minimum Gasteiger partial charge on any atom is -0.493 e. The zero-order chi connectivity index (χ0) is 14.4. The Bertz CT molecular complexity index is 458. The molecule has 1 aliphatic rings. The van der Waals surface area contributed by atoms with Crippen LogP contribution in [-0.2, 0) is 4.79 Å². The Hall–Kier alpha value is -1.62. The average molecular weight is 281 g/mol. The van der Waals surface area contributed by atoms with Crippen molar-refractivity contribution in [1.29, 1.82) is 0 Å². The zero-order valence-corrected chi connectivity index (χ0v) is 11.4. The van der Waals surface area contributed by atoms with Gasteiger partial charge in [-0.1, -0.05) is 18.9 Å². The summed E-state index contributed by atoms with van der Waals surface area (Å²) in [4.78, 5) is 11.8. The molecule has 1 saturated carbocycles. The third-order valence-corrected chi connectivity index (χ3v) is 3.66. The number of carbonyl (C=O) groups is 1. The van der Waals surface area contributed by atoms with Crippen molar-refractivity contribution in [2.75, 3.05) is 13.2 Å². The summed E-state index contributed by atoms with van der Waals surface area (Å²) in [5.74, 6) is -0.0926. The van der Waals surface area contributed by atoms with E-state index in [9.17, 15) is 14.3 Å². The summed E-state index contributed by atoms with van der Waals surface area (Å²) in [6, 6.07) is 5.83. The second-order valence-corrected chi connectivity index (χ2v) is 5.25. The largest absolute Gasteiger partial charge is 0.493 e. The minimum absolute atomic E-state index is 0.0243. The van der Waals surface area contributed by atoms with Gasteiger partial charge in [-0.05, 0) is 25.0 Å². The van der Waals surface area contributed by atoms with Gasteiger partial charge >= 0.3 is 0 Å². The van der Waals surface area contributed by atoms with E-state index in [0.29, 0.717) is 5.75 Å². The van der Waals surface area contributed by atoms with Crippen LogP contribution in [0.25, 0.3) is 0 Å². The summed E-state index contributed by atoms with van der Waals surface area (Å²) >= 11 is 0. The van der Waals surface area contributed by atoms with Crippen LogP contribution in [0.1, 0.15) is 32.1 Å². The molecule has 0 aromatic heterocycles. The van der Waals surface area contributed by atoms with Gasteiger partial charge in [-0.15, -0.1) is 0 Å². The monoisotopic (exact) mass is 281 g/mol. The van der Waals surface area contributed by atoms with Crippen molar-refractivity contribution in [1.82, 2.24) is 5.32 Å². The second kappa shape index (κ2) is 6.70. The van der Waals surface area contributed by atoms with Crippen LogP contribution in [0.2, 0.25) is 0 Å². The number of halogens is 1. The number of aliphatic hydroxyl groups is 1. The summed E-state index contributed by atoms with van der Waals surface area (Å²) < 4.78 is 18.3. The van der Waals surface area contributed by atoms with Gasteiger partial charge in [0.25, 0.3) is 0 Å². The number of rotatable bonds is 6. The molecule has 1 aliphatic carbocycles. The van der Waals surface area contributed by atoms with Crippen molar-refractivity contribution in [3.8, 4) is 5.75 Å². The normalized spacial score (nSPS) is 16.9. The molecule has 5 heteroatoms. The van der Waals surface area contributed by atoms with Gasteiger partial charge in [0.05, 0.1) is 25.2 Å². The summed E-state index contributed by atoms with van der Waals surface area (Å²) in [7, 11) is 0. The number of carbonyl (C=O) groups excluding carboxylic acids is 1. The van der Waals surface area contributed by atoms with E-state index in [1.165, 1.54) is 12.1 Å². The summed E-state index contributed by atoms with van der Waals surface area (Å²) in [5, 5.41) is 12.3. The highest BCUT2D eigenvalue weighted by Crippen LogP contribution is 2.29. The molecule has 0 radical (unpaired) electrons. The molecule has 0 heterocycles. The van der Waals surface area contributed by atoms with E-state index >= 15 is 0 Å². The summed E-state index contributed by atoms with van der Waals surface area (Å²) in [5.41, 5.74) is -0.448. The first kappa shape index (κ1) is 14.8. The number of hydrogen-bond acceptors (Lipinski definition) is 3. The lowest BCUT2D eigenvalue weighted by molar-refractivity contribution is -0.124. The van der Waals surface area contributed by atoms with Gasteiger partial charge in [0, 0.05) is 6.07 Å². The molecule has 1 amide bonds.